The molecule has 3 nitrogen and oxygen atoms in total. The smallest absolute Gasteiger partial charge is 0.410 e. The molecule has 1 rings (SSSR count). The fourth-order valence-electron chi connectivity index (χ4n) is 2.01. The highest BCUT2D eigenvalue weighted by Crippen LogP contribution is 2.22. The van der Waals surface area contributed by atoms with Crippen LogP contribution in [-0.4, -0.2) is 29.7 Å². The van der Waals surface area contributed by atoms with Gasteiger partial charge in [-0.3, -0.25) is 0 Å². The van der Waals surface area contributed by atoms with Gasteiger partial charge in [-0.15, -0.1) is 0 Å². The molecule has 0 spiro atoms. The van der Waals surface area contributed by atoms with Gasteiger partial charge in [-0.25, -0.2) is 4.79 Å². The van der Waals surface area contributed by atoms with Gasteiger partial charge in [-0.2, -0.15) is 0 Å². The molecule has 0 saturated carbocycles. The number of piperidine rings is 1. The average Bonchev–Trinajstić information content (AvgIpc) is 2.24. The van der Waals surface area contributed by atoms with Gasteiger partial charge in [0.15, 0.2) is 0 Å². The van der Waals surface area contributed by atoms with Crippen molar-refractivity contribution in [1.82, 2.24) is 4.90 Å². The Hall–Kier alpha value is -0.990. The van der Waals surface area contributed by atoms with Crippen molar-refractivity contribution in [3.05, 3.63) is 12.2 Å². The maximum absolute atomic E-state index is 11.8. The van der Waals surface area contributed by atoms with E-state index in [1.54, 1.807) is 0 Å². The highest BCUT2D eigenvalue weighted by molar-refractivity contribution is 5.68. The Bertz CT molecular complexity index is 270. The van der Waals surface area contributed by atoms with Crippen molar-refractivity contribution in [2.75, 3.05) is 13.1 Å². The molecule has 1 saturated heterocycles. The highest BCUT2D eigenvalue weighted by Gasteiger charge is 2.26. The number of carbonyl (C=O) groups excluding carboxylic acids is 1. The normalized spacial score (nSPS) is 18.7. The molecule has 0 aromatic rings. The average molecular weight is 239 g/mol. The predicted molar refractivity (Wildman–Crippen MR) is 70.0 cm³/mol. The van der Waals surface area contributed by atoms with E-state index in [0.29, 0.717) is 0 Å². The minimum atomic E-state index is -0.390. The van der Waals surface area contributed by atoms with Crippen LogP contribution in [0.25, 0.3) is 0 Å². The van der Waals surface area contributed by atoms with Crippen LogP contribution in [0.15, 0.2) is 12.2 Å². The summed E-state index contributed by atoms with van der Waals surface area (Å²) in [5.41, 5.74) is -0.390. The Kier molecular flexibility index (Phi) is 5.03. The van der Waals surface area contributed by atoms with Crippen molar-refractivity contribution in [2.45, 2.75) is 52.6 Å². The molecular formula is C14H25NO2. The lowest BCUT2D eigenvalue weighted by molar-refractivity contribution is 0.0185. The van der Waals surface area contributed by atoms with E-state index in [0.717, 1.165) is 38.3 Å². The summed E-state index contributed by atoms with van der Waals surface area (Å²) in [7, 11) is 0. The maximum Gasteiger partial charge on any atom is 0.410 e. The van der Waals surface area contributed by atoms with Crippen molar-refractivity contribution >= 4 is 6.09 Å². The van der Waals surface area contributed by atoms with Gasteiger partial charge >= 0.3 is 6.09 Å². The fourth-order valence-corrected chi connectivity index (χ4v) is 2.01. The molecule has 0 N–H and O–H groups in total. The second-order valence-corrected chi connectivity index (χ2v) is 5.72. The zero-order valence-electron chi connectivity index (χ0n) is 11.5. The molecule has 0 aliphatic carbocycles. The van der Waals surface area contributed by atoms with Crippen molar-refractivity contribution in [3.63, 3.8) is 0 Å². The Morgan fingerprint density at radius 2 is 1.94 bits per heavy atom. The lowest BCUT2D eigenvalue weighted by atomic mass is 9.94. The standard InChI is InChI=1S/C14H25NO2/c1-5-6-7-12-8-10-15(11-9-12)13(16)17-14(2,3)4/h5-6,12H,7-11H2,1-4H3/b6-5-. The van der Waals surface area contributed by atoms with E-state index in [4.69, 9.17) is 4.74 Å². The number of hydrogen-bond acceptors (Lipinski definition) is 2. The largest absolute Gasteiger partial charge is 0.444 e. The van der Waals surface area contributed by atoms with Crippen molar-refractivity contribution in [1.29, 1.82) is 0 Å². The third-order valence-corrected chi connectivity index (χ3v) is 2.97. The first kappa shape index (κ1) is 14.1. The van der Waals surface area contributed by atoms with E-state index in [1.807, 2.05) is 25.7 Å². The predicted octanol–water partition coefficient (Wildman–Crippen LogP) is 3.60. The first-order valence-electron chi connectivity index (χ1n) is 6.51. The molecule has 0 aromatic carbocycles. The van der Waals surface area contributed by atoms with Crippen molar-refractivity contribution < 1.29 is 9.53 Å². The molecule has 0 aromatic heterocycles. The van der Waals surface area contributed by atoms with E-state index >= 15 is 0 Å². The summed E-state index contributed by atoms with van der Waals surface area (Å²) in [6.07, 6.45) is 7.46. The number of rotatable bonds is 2. The third-order valence-electron chi connectivity index (χ3n) is 2.97. The molecule has 1 amide bonds. The highest BCUT2D eigenvalue weighted by atomic mass is 16.6. The van der Waals surface area contributed by atoms with Crippen molar-refractivity contribution in [3.8, 4) is 0 Å². The molecule has 0 radical (unpaired) electrons. The topological polar surface area (TPSA) is 29.5 Å². The van der Waals surface area contributed by atoms with Gasteiger partial charge in [-0.05, 0) is 52.9 Å². The van der Waals surface area contributed by atoms with Crippen LogP contribution in [0.2, 0.25) is 0 Å². The van der Waals surface area contributed by atoms with Gasteiger partial charge in [0, 0.05) is 13.1 Å². The molecule has 1 aliphatic heterocycles. The Labute approximate surface area is 105 Å². The minimum absolute atomic E-state index is 0.165. The van der Waals surface area contributed by atoms with Crippen LogP contribution in [0.1, 0.15) is 47.0 Å². The number of amides is 1. The lowest BCUT2D eigenvalue weighted by Gasteiger charge is -2.33. The van der Waals surface area contributed by atoms with Crippen LogP contribution in [0.5, 0.6) is 0 Å². The van der Waals surface area contributed by atoms with Gasteiger partial charge in [0.1, 0.15) is 5.60 Å². The third kappa shape index (κ3) is 5.24. The summed E-state index contributed by atoms with van der Waals surface area (Å²) in [6.45, 7) is 9.43. The summed E-state index contributed by atoms with van der Waals surface area (Å²) in [5, 5.41) is 0. The molecule has 98 valence electrons. The molecule has 1 aliphatic rings. The Balaban J connectivity index is 2.34. The summed E-state index contributed by atoms with van der Waals surface area (Å²) in [4.78, 5) is 13.7. The van der Waals surface area contributed by atoms with Crippen LogP contribution in [0, 0.1) is 5.92 Å². The summed E-state index contributed by atoms with van der Waals surface area (Å²) >= 11 is 0. The zero-order valence-corrected chi connectivity index (χ0v) is 11.5. The molecule has 0 unspecified atom stereocenters. The van der Waals surface area contributed by atoms with Crippen LogP contribution in [-0.2, 0) is 4.74 Å². The summed E-state index contributed by atoms with van der Waals surface area (Å²) in [6, 6.07) is 0. The molecule has 3 heteroatoms. The molecule has 0 bridgehead atoms. The van der Waals surface area contributed by atoms with Gasteiger partial charge in [-0.1, -0.05) is 12.2 Å². The van der Waals surface area contributed by atoms with Gasteiger partial charge in [0.05, 0.1) is 0 Å². The number of allylic oxidation sites excluding steroid dienone is 2. The zero-order chi connectivity index (χ0) is 12.9. The summed E-state index contributed by atoms with van der Waals surface area (Å²) in [5.74, 6) is 0.727. The first-order valence-corrected chi connectivity index (χ1v) is 6.51. The first-order chi connectivity index (χ1) is 7.92. The molecule has 1 heterocycles. The Morgan fingerprint density at radius 1 is 1.35 bits per heavy atom. The fraction of sp³-hybridized carbons (Fsp3) is 0.786. The second kappa shape index (κ2) is 6.08. The van der Waals surface area contributed by atoms with E-state index in [9.17, 15) is 4.79 Å². The molecule has 0 atom stereocenters. The second-order valence-electron chi connectivity index (χ2n) is 5.72. The number of ether oxygens (including phenoxy) is 1. The number of carbonyl (C=O) groups is 1. The SMILES string of the molecule is C/C=C\CC1CCN(C(=O)OC(C)(C)C)CC1. The van der Waals surface area contributed by atoms with E-state index < -0.39 is 0 Å². The summed E-state index contributed by atoms with van der Waals surface area (Å²) < 4.78 is 5.37. The van der Waals surface area contributed by atoms with Crippen LogP contribution >= 0.6 is 0 Å². The number of hydrogen-bond donors (Lipinski definition) is 0. The molecule has 1 fully saturated rings. The number of likely N-dealkylation sites (tertiary alicyclic amines) is 1. The van der Waals surface area contributed by atoms with Crippen LogP contribution < -0.4 is 0 Å². The molecule has 17 heavy (non-hydrogen) atoms. The van der Waals surface area contributed by atoms with Crippen molar-refractivity contribution in [2.24, 2.45) is 5.92 Å². The van der Waals surface area contributed by atoms with E-state index in [2.05, 4.69) is 19.1 Å². The van der Waals surface area contributed by atoms with Gasteiger partial charge in [0.25, 0.3) is 0 Å². The Morgan fingerprint density at radius 3 is 2.41 bits per heavy atom. The van der Waals surface area contributed by atoms with Gasteiger partial charge in [0.2, 0.25) is 0 Å². The maximum atomic E-state index is 11.8. The number of nitrogens with zero attached hydrogens (tertiary/aromatic N) is 1. The quantitative estimate of drug-likeness (QED) is 0.689. The lowest BCUT2D eigenvalue weighted by Crippen LogP contribution is -2.41. The van der Waals surface area contributed by atoms with Gasteiger partial charge < -0.3 is 9.64 Å². The molecular weight excluding hydrogens is 214 g/mol. The van der Waals surface area contributed by atoms with Crippen LogP contribution in [0.4, 0.5) is 4.79 Å². The van der Waals surface area contributed by atoms with Crippen LogP contribution in [0.3, 0.4) is 0 Å². The van der Waals surface area contributed by atoms with E-state index in [1.165, 1.54) is 0 Å². The minimum Gasteiger partial charge on any atom is -0.444 e. The monoisotopic (exact) mass is 239 g/mol. The van der Waals surface area contributed by atoms with E-state index in [-0.39, 0.29) is 11.7 Å².